The van der Waals surface area contributed by atoms with E-state index >= 15 is 0 Å². The van der Waals surface area contributed by atoms with Gasteiger partial charge in [-0.2, -0.15) is 4.98 Å². The van der Waals surface area contributed by atoms with E-state index < -0.39 is 6.09 Å². The minimum Gasteiger partial charge on any atom is -0.465 e. The SMILES string of the molecule is O=C(O)Nc1ccc(-c2noc(C3CCCCC3)n2)cc1. The first kappa shape index (κ1) is 13.6. The predicted molar refractivity (Wildman–Crippen MR) is 77.2 cm³/mol. The molecule has 0 bridgehead atoms. The Hall–Kier alpha value is -2.37. The van der Waals surface area contributed by atoms with Gasteiger partial charge in [-0.1, -0.05) is 24.4 Å². The summed E-state index contributed by atoms with van der Waals surface area (Å²) in [4.78, 5) is 15.0. The molecule has 2 N–H and O–H groups in total. The van der Waals surface area contributed by atoms with Gasteiger partial charge in [-0.3, -0.25) is 5.32 Å². The first-order valence-electron chi connectivity index (χ1n) is 7.16. The summed E-state index contributed by atoms with van der Waals surface area (Å²) in [5.74, 6) is 1.66. The van der Waals surface area contributed by atoms with Crippen LogP contribution < -0.4 is 5.32 Å². The Morgan fingerprint density at radius 2 is 1.90 bits per heavy atom. The summed E-state index contributed by atoms with van der Waals surface area (Å²) in [6.07, 6.45) is 4.87. The maximum absolute atomic E-state index is 10.6. The first-order valence-corrected chi connectivity index (χ1v) is 7.16. The highest BCUT2D eigenvalue weighted by Gasteiger charge is 2.21. The Kier molecular flexibility index (Phi) is 3.85. The monoisotopic (exact) mass is 287 g/mol. The molecule has 6 nitrogen and oxygen atoms in total. The van der Waals surface area contributed by atoms with Gasteiger partial charge in [0.25, 0.3) is 0 Å². The van der Waals surface area contributed by atoms with Crippen molar-refractivity contribution >= 4 is 11.8 Å². The molecule has 110 valence electrons. The van der Waals surface area contributed by atoms with E-state index in [1.54, 1.807) is 24.3 Å². The number of anilines is 1. The van der Waals surface area contributed by atoms with Crippen molar-refractivity contribution in [3.63, 3.8) is 0 Å². The number of hydrogen-bond acceptors (Lipinski definition) is 4. The Morgan fingerprint density at radius 1 is 1.19 bits per heavy atom. The largest absolute Gasteiger partial charge is 0.465 e. The van der Waals surface area contributed by atoms with Crippen LogP contribution in [0.4, 0.5) is 10.5 Å². The number of carbonyl (C=O) groups is 1. The lowest BCUT2D eigenvalue weighted by Gasteiger charge is -2.17. The quantitative estimate of drug-likeness (QED) is 0.894. The van der Waals surface area contributed by atoms with Crippen molar-refractivity contribution in [2.75, 3.05) is 5.32 Å². The van der Waals surface area contributed by atoms with Gasteiger partial charge in [0, 0.05) is 17.2 Å². The topological polar surface area (TPSA) is 88.2 Å². The lowest BCUT2D eigenvalue weighted by atomic mass is 9.89. The van der Waals surface area contributed by atoms with Crippen molar-refractivity contribution in [3.8, 4) is 11.4 Å². The normalized spacial score (nSPS) is 15.8. The van der Waals surface area contributed by atoms with Crippen molar-refractivity contribution in [3.05, 3.63) is 30.2 Å². The fourth-order valence-corrected chi connectivity index (χ4v) is 2.69. The van der Waals surface area contributed by atoms with E-state index in [2.05, 4.69) is 15.5 Å². The molecule has 6 heteroatoms. The van der Waals surface area contributed by atoms with E-state index in [-0.39, 0.29) is 0 Å². The lowest BCUT2D eigenvalue weighted by Crippen LogP contribution is -2.06. The maximum Gasteiger partial charge on any atom is 0.409 e. The van der Waals surface area contributed by atoms with Crippen LogP contribution in [0.1, 0.15) is 43.9 Å². The van der Waals surface area contributed by atoms with Crippen LogP contribution in [0, 0.1) is 0 Å². The number of hydrogen-bond donors (Lipinski definition) is 2. The molecule has 1 aromatic carbocycles. The third-order valence-electron chi connectivity index (χ3n) is 3.79. The molecule has 1 aromatic heterocycles. The van der Waals surface area contributed by atoms with Crippen molar-refractivity contribution in [1.29, 1.82) is 0 Å². The van der Waals surface area contributed by atoms with Crippen LogP contribution in [-0.4, -0.2) is 21.3 Å². The number of benzene rings is 1. The summed E-state index contributed by atoms with van der Waals surface area (Å²) in [5, 5.41) is 15.0. The number of aromatic nitrogens is 2. The van der Waals surface area contributed by atoms with Crippen LogP contribution in [0.2, 0.25) is 0 Å². The number of nitrogens with zero attached hydrogens (tertiary/aromatic N) is 2. The van der Waals surface area contributed by atoms with Crippen LogP contribution in [0.5, 0.6) is 0 Å². The molecule has 0 unspecified atom stereocenters. The van der Waals surface area contributed by atoms with E-state index in [0.717, 1.165) is 24.3 Å². The Labute approximate surface area is 122 Å². The van der Waals surface area contributed by atoms with E-state index in [0.29, 0.717) is 17.4 Å². The van der Waals surface area contributed by atoms with E-state index in [9.17, 15) is 4.79 Å². The van der Waals surface area contributed by atoms with Gasteiger partial charge in [-0.05, 0) is 37.1 Å². The molecule has 1 aliphatic carbocycles. The molecule has 1 heterocycles. The Balaban J connectivity index is 1.74. The fraction of sp³-hybridized carbons (Fsp3) is 0.400. The van der Waals surface area contributed by atoms with Crippen LogP contribution in [0.15, 0.2) is 28.8 Å². The molecule has 1 saturated carbocycles. The first-order chi connectivity index (χ1) is 10.2. The average molecular weight is 287 g/mol. The van der Waals surface area contributed by atoms with E-state index in [4.69, 9.17) is 9.63 Å². The summed E-state index contributed by atoms with van der Waals surface area (Å²) in [6, 6.07) is 6.92. The predicted octanol–water partition coefficient (Wildman–Crippen LogP) is 3.87. The van der Waals surface area contributed by atoms with Gasteiger partial charge >= 0.3 is 6.09 Å². The maximum atomic E-state index is 10.6. The number of carboxylic acid groups (broad SMARTS) is 1. The average Bonchev–Trinajstić information content (AvgIpc) is 2.98. The zero-order valence-corrected chi connectivity index (χ0v) is 11.6. The van der Waals surface area contributed by atoms with Gasteiger partial charge in [-0.25, -0.2) is 4.79 Å². The molecule has 2 aromatic rings. The second-order valence-corrected chi connectivity index (χ2v) is 5.30. The number of rotatable bonds is 3. The van der Waals surface area contributed by atoms with Crippen molar-refractivity contribution in [1.82, 2.24) is 10.1 Å². The summed E-state index contributed by atoms with van der Waals surface area (Å²) in [5.41, 5.74) is 1.33. The summed E-state index contributed by atoms with van der Waals surface area (Å²) in [6.45, 7) is 0. The van der Waals surface area contributed by atoms with Gasteiger partial charge in [0.1, 0.15) is 0 Å². The third-order valence-corrected chi connectivity index (χ3v) is 3.79. The van der Waals surface area contributed by atoms with Crippen molar-refractivity contribution < 1.29 is 14.4 Å². The lowest BCUT2D eigenvalue weighted by molar-refractivity contribution is 0.210. The molecule has 0 spiro atoms. The molecule has 0 saturated heterocycles. The molecule has 21 heavy (non-hydrogen) atoms. The van der Waals surface area contributed by atoms with Gasteiger partial charge in [0.05, 0.1) is 0 Å². The molecular weight excluding hydrogens is 270 g/mol. The van der Waals surface area contributed by atoms with Crippen molar-refractivity contribution in [2.24, 2.45) is 0 Å². The highest BCUT2D eigenvalue weighted by molar-refractivity contribution is 5.83. The molecule has 1 amide bonds. The van der Waals surface area contributed by atoms with Gasteiger partial charge in [-0.15, -0.1) is 0 Å². The van der Waals surface area contributed by atoms with Crippen LogP contribution in [0.3, 0.4) is 0 Å². The summed E-state index contributed by atoms with van der Waals surface area (Å²) in [7, 11) is 0. The molecule has 0 radical (unpaired) electrons. The molecule has 0 aliphatic heterocycles. The fourth-order valence-electron chi connectivity index (χ4n) is 2.69. The minimum atomic E-state index is -1.08. The zero-order valence-electron chi connectivity index (χ0n) is 11.6. The molecule has 1 fully saturated rings. The summed E-state index contributed by atoms with van der Waals surface area (Å²) >= 11 is 0. The Bertz CT molecular complexity index is 615. The number of amides is 1. The second kappa shape index (κ2) is 5.95. The van der Waals surface area contributed by atoms with Gasteiger partial charge < -0.3 is 9.63 Å². The van der Waals surface area contributed by atoms with Gasteiger partial charge in [0.2, 0.25) is 11.7 Å². The van der Waals surface area contributed by atoms with Crippen molar-refractivity contribution in [2.45, 2.75) is 38.0 Å². The van der Waals surface area contributed by atoms with Crippen LogP contribution in [0.25, 0.3) is 11.4 Å². The standard InChI is InChI=1S/C15H17N3O3/c19-15(20)16-12-8-6-10(7-9-12)13-17-14(21-18-13)11-4-2-1-3-5-11/h6-9,11,16H,1-5H2,(H,19,20). The summed E-state index contributed by atoms with van der Waals surface area (Å²) < 4.78 is 5.38. The van der Waals surface area contributed by atoms with Gasteiger partial charge in [0.15, 0.2) is 0 Å². The Morgan fingerprint density at radius 3 is 2.57 bits per heavy atom. The molecule has 0 atom stereocenters. The van der Waals surface area contributed by atoms with Crippen LogP contribution >= 0.6 is 0 Å². The minimum absolute atomic E-state index is 0.382. The molecular formula is C15H17N3O3. The van der Waals surface area contributed by atoms with E-state index in [1.807, 2.05) is 0 Å². The second-order valence-electron chi connectivity index (χ2n) is 5.30. The molecule has 3 rings (SSSR count). The zero-order chi connectivity index (χ0) is 14.7. The van der Waals surface area contributed by atoms with E-state index in [1.165, 1.54) is 19.3 Å². The molecule has 1 aliphatic rings. The smallest absolute Gasteiger partial charge is 0.409 e. The van der Waals surface area contributed by atoms with Crippen LogP contribution in [-0.2, 0) is 0 Å². The highest BCUT2D eigenvalue weighted by atomic mass is 16.5. The highest BCUT2D eigenvalue weighted by Crippen LogP contribution is 2.32. The third kappa shape index (κ3) is 3.21. The number of nitrogens with one attached hydrogen (secondary N) is 1.